The Kier molecular flexibility index (Phi) is 6.69. The molecule has 1 saturated heterocycles. The summed E-state index contributed by atoms with van der Waals surface area (Å²) in [6.45, 7) is 12.8. The second-order valence-electron chi connectivity index (χ2n) is 5.73. The van der Waals surface area contributed by atoms with Gasteiger partial charge in [-0.15, -0.1) is 0 Å². The first-order valence-corrected chi connectivity index (χ1v) is 7.89. The number of hydrogen-bond acceptors (Lipinski definition) is 3. The van der Waals surface area contributed by atoms with Crippen LogP contribution in [0, 0.1) is 5.92 Å². The molecule has 0 radical (unpaired) electrons. The van der Waals surface area contributed by atoms with Crippen LogP contribution in [0.25, 0.3) is 0 Å². The quantitative estimate of drug-likeness (QED) is 0.454. The number of hydrogen-bond donors (Lipinski definition) is 1. The lowest BCUT2D eigenvalue weighted by Crippen LogP contribution is -2.42. The third kappa shape index (κ3) is 6.19. The summed E-state index contributed by atoms with van der Waals surface area (Å²) in [7, 11) is 0. The third-order valence-electron chi connectivity index (χ3n) is 3.62. The Balaban J connectivity index is 2.37. The number of likely N-dealkylation sites (tertiary alicyclic amines) is 1. The van der Waals surface area contributed by atoms with Crippen LogP contribution >= 0.6 is 22.6 Å². The predicted molar refractivity (Wildman–Crippen MR) is 90.9 cm³/mol. The molecule has 0 amide bonds. The summed E-state index contributed by atoms with van der Waals surface area (Å²) in [4.78, 5) is 6.71. The normalized spacial score (nSPS) is 20.2. The second-order valence-corrected chi connectivity index (χ2v) is 6.84. The van der Waals surface area contributed by atoms with E-state index in [1.54, 1.807) is 0 Å². The van der Waals surface area contributed by atoms with E-state index < -0.39 is 5.60 Å². The van der Waals surface area contributed by atoms with Gasteiger partial charge in [-0.3, -0.25) is 9.89 Å². The van der Waals surface area contributed by atoms with Gasteiger partial charge >= 0.3 is 0 Å². The van der Waals surface area contributed by atoms with Gasteiger partial charge in [-0.2, -0.15) is 0 Å². The number of allylic oxidation sites excluding steroid dienone is 1. The molecule has 0 spiro atoms. The Morgan fingerprint density at radius 3 is 2.53 bits per heavy atom. The number of rotatable bonds is 5. The standard InChI is InChI=1S/C15H25IN2O/c1-5-14(16)17-10-12(2)11-18-8-6-13(7-9-18)15(3,4)19/h5,10,13,19H,2,6-9,11H2,1,3-4H3/b14-5-,17-10?. The SMILES string of the molecule is C=C(C=N/C(I)=C\C)CN1CCC(C(C)(C)O)CC1. The van der Waals surface area contributed by atoms with Gasteiger partial charge < -0.3 is 5.11 Å². The van der Waals surface area contributed by atoms with Crippen molar-refractivity contribution >= 4 is 28.8 Å². The van der Waals surface area contributed by atoms with Gasteiger partial charge in [0.25, 0.3) is 0 Å². The largest absolute Gasteiger partial charge is 0.390 e. The zero-order valence-corrected chi connectivity index (χ0v) is 14.4. The first-order valence-electron chi connectivity index (χ1n) is 6.81. The Bertz CT molecular complexity index is 361. The first-order chi connectivity index (χ1) is 8.82. The molecule has 0 saturated carbocycles. The van der Waals surface area contributed by atoms with E-state index in [-0.39, 0.29) is 0 Å². The van der Waals surface area contributed by atoms with Crippen LogP contribution in [-0.4, -0.2) is 41.5 Å². The number of aliphatic hydroxyl groups is 1. The summed E-state index contributed by atoms with van der Waals surface area (Å²) in [6, 6.07) is 0. The molecule has 0 aromatic rings. The minimum Gasteiger partial charge on any atom is -0.390 e. The molecule has 3 nitrogen and oxygen atoms in total. The molecule has 1 N–H and O–H groups in total. The van der Waals surface area contributed by atoms with Gasteiger partial charge in [0.2, 0.25) is 0 Å². The number of piperidine rings is 1. The molecule has 19 heavy (non-hydrogen) atoms. The molecule has 1 aliphatic heterocycles. The lowest BCUT2D eigenvalue weighted by atomic mass is 9.83. The molecule has 0 aromatic carbocycles. The summed E-state index contributed by atoms with van der Waals surface area (Å²) in [5.41, 5.74) is 0.491. The lowest BCUT2D eigenvalue weighted by Gasteiger charge is -2.37. The molecular weight excluding hydrogens is 351 g/mol. The lowest BCUT2D eigenvalue weighted by molar-refractivity contribution is -0.0112. The fourth-order valence-corrected chi connectivity index (χ4v) is 2.49. The molecule has 0 bridgehead atoms. The third-order valence-corrected chi connectivity index (χ3v) is 4.52. The minimum atomic E-state index is -0.549. The van der Waals surface area contributed by atoms with E-state index in [2.05, 4.69) is 39.1 Å². The summed E-state index contributed by atoms with van der Waals surface area (Å²) in [6.07, 6.45) is 5.93. The van der Waals surface area contributed by atoms with Crippen LogP contribution in [-0.2, 0) is 0 Å². The Hall–Kier alpha value is -0.200. The number of halogens is 1. The van der Waals surface area contributed by atoms with Crippen LogP contribution in [0.5, 0.6) is 0 Å². The van der Waals surface area contributed by atoms with E-state index in [0.29, 0.717) is 5.92 Å². The van der Waals surface area contributed by atoms with E-state index in [9.17, 15) is 5.11 Å². The highest BCUT2D eigenvalue weighted by Gasteiger charge is 2.30. The summed E-state index contributed by atoms with van der Waals surface area (Å²) in [5.74, 6) is 0.412. The van der Waals surface area contributed by atoms with Crippen molar-refractivity contribution in [2.75, 3.05) is 19.6 Å². The number of nitrogens with zero attached hydrogens (tertiary/aromatic N) is 2. The summed E-state index contributed by atoms with van der Waals surface area (Å²) >= 11 is 2.20. The summed E-state index contributed by atoms with van der Waals surface area (Å²) < 4.78 is 0.986. The highest BCUT2D eigenvalue weighted by atomic mass is 127. The molecule has 4 heteroatoms. The fraction of sp³-hybridized carbons (Fsp3) is 0.667. The Morgan fingerprint density at radius 2 is 2.05 bits per heavy atom. The molecule has 1 rings (SSSR count). The number of aliphatic imine (C=N–C) groups is 1. The van der Waals surface area contributed by atoms with Crippen LogP contribution in [0.3, 0.4) is 0 Å². The van der Waals surface area contributed by atoms with Crippen molar-refractivity contribution in [1.82, 2.24) is 4.90 Å². The van der Waals surface area contributed by atoms with Gasteiger partial charge in [0.15, 0.2) is 0 Å². The van der Waals surface area contributed by atoms with Gasteiger partial charge in [0.05, 0.1) is 9.30 Å². The first kappa shape index (κ1) is 16.9. The molecule has 1 heterocycles. The van der Waals surface area contributed by atoms with E-state index in [1.165, 1.54) is 0 Å². The molecule has 1 fully saturated rings. The Labute approximate surface area is 130 Å². The highest BCUT2D eigenvalue weighted by Crippen LogP contribution is 2.27. The zero-order chi connectivity index (χ0) is 14.5. The van der Waals surface area contributed by atoms with Crippen LogP contribution in [0.2, 0.25) is 0 Å². The topological polar surface area (TPSA) is 35.8 Å². The van der Waals surface area contributed by atoms with Crippen molar-refractivity contribution in [3.63, 3.8) is 0 Å². The maximum Gasteiger partial charge on any atom is 0.0966 e. The van der Waals surface area contributed by atoms with Gasteiger partial charge in [0, 0.05) is 12.8 Å². The average Bonchev–Trinajstić information content (AvgIpc) is 2.35. The van der Waals surface area contributed by atoms with Crippen LogP contribution < -0.4 is 0 Å². The smallest absolute Gasteiger partial charge is 0.0966 e. The molecule has 0 aliphatic carbocycles. The predicted octanol–water partition coefficient (Wildman–Crippen LogP) is 3.39. The van der Waals surface area contributed by atoms with Crippen LogP contribution in [0.15, 0.2) is 26.9 Å². The van der Waals surface area contributed by atoms with Crippen LogP contribution in [0.1, 0.15) is 33.6 Å². The molecule has 0 atom stereocenters. The molecule has 0 unspecified atom stereocenters. The van der Waals surface area contributed by atoms with E-state index in [0.717, 1.165) is 41.8 Å². The van der Waals surface area contributed by atoms with Crippen molar-refractivity contribution in [2.24, 2.45) is 10.9 Å². The van der Waals surface area contributed by atoms with Crippen LogP contribution in [0.4, 0.5) is 0 Å². The van der Waals surface area contributed by atoms with Crippen molar-refractivity contribution in [2.45, 2.75) is 39.2 Å². The highest BCUT2D eigenvalue weighted by molar-refractivity contribution is 14.1. The fourth-order valence-electron chi connectivity index (χ4n) is 2.35. The van der Waals surface area contributed by atoms with Gasteiger partial charge in [0.1, 0.15) is 0 Å². The van der Waals surface area contributed by atoms with Crippen molar-refractivity contribution in [3.8, 4) is 0 Å². The molecule has 0 aromatic heterocycles. The van der Waals surface area contributed by atoms with Gasteiger partial charge in [-0.05, 0) is 80.8 Å². The molecule has 1 aliphatic rings. The van der Waals surface area contributed by atoms with Crippen molar-refractivity contribution in [3.05, 3.63) is 21.9 Å². The van der Waals surface area contributed by atoms with E-state index >= 15 is 0 Å². The maximum absolute atomic E-state index is 10.0. The van der Waals surface area contributed by atoms with Crippen molar-refractivity contribution in [1.29, 1.82) is 0 Å². The average molecular weight is 376 g/mol. The minimum absolute atomic E-state index is 0.412. The molecule has 108 valence electrons. The summed E-state index contributed by atoms with van der Waals surface area (Å²) in [5, 5.41) is 10.0. The van der Waals surface area contributed by atoms with E-state index in [4.69, 9.17) is 0 Å². The Morgan fingerprint density at radius 1 is 1.47 bits per heavy atom. The van der Waals surface area contributed by atoms with Crippen molar-refractivity contribution < 1.29 is 5.11 Å². The van der Waals surface area contributed by atoms with E-state index in [1.807, 2.05) is 33.1 Å². The van der Waals surface area contributed by atoms with Gasteiger partial charge in [-0.1, -0.05) is 12.7 Å². The van der Waals surface area contributed by atoms with Gasteiger partial charge in [-0.25, -0.2) is 0 Å². The molecular formula is C15H25IN2O. The zero-order valence-electron chi connectivity index (χ0n) is 12.2. The maximum atomic E-state index is 10.0. The second kappa shape index (κ2) is 7.55. The monoisotopic (exact) mass is 376 g/mol.